The van der Waals surface area contributed by atoms with Gasteiger partial charge < -0.3 is 9.47 Å². The van der Waals surface area contributed by atoms with Gasteiger partial charge in [0.2, 0.25) is 10.0 Å². The summed E-state index contributed by atoms with van der Waals surface area (Å²) in [6.07, 6.45) is 6.66. The lowest BCUT2D eigenvalue weighted by Crippen LogP contribution is -2.37. The molecule has 0 aliphatic carbocycles. The lowest BCUT2D eigenvalue weighted by Gasteiger charge is -2.22. The van der Waals surface area contributed by atoms with Crippen LogP contribution < -0.4 is 9.46 Å². The van der Waals surface area contributed by atoms with E-state index in [1.54, 1.807) is 19.2 Å². The predicted molar refractivity (Wildman–Crippen MR) is 132 cm³/mol. The molecular formula is C25H31ClN2O5S. The molecule has 1 aliphatic rings. The Hall–Kier alpha value is -2.39. The lowest BCUT2D eigenvalue weighted by atomic mass is 10.1. The predicted octanol–water partition coefficient (Wildman–Crippen LogP) is 4.17. The number of hydrogen-bond acceptors (Lipinski definition) is 6. The van der Waals surface area contributed by atoms with Gasteiger partial charge in [-0.2, -0.15) is 0 Å². The Morgan fingerprint density at radius 3 is 2.50 bits per heavy atom. The van der Waals surface area contributed by atoms with Gasteiger partial charge in [0.1, 0.15) is 5.75 Å². The van der Waals surface area contributed by atoms with E-state index in [-0.39, 0.29) is 22.9 Å². The van der Waals surface area contributed by atoms with Crippen LogP contribution in [0.2, 0.25) is 5.02 Å². The molecule has 7 nitrogen and oxygen atoms in total. The first kappa shape index (κ1) is 26.2. The zero-order valence-corrected chi connectivity index (χ0v) is 21.0. The van der Waals surface area contributed by atoms with E-state index in [2.05, 4.69) is 26.5 Å². The normalized spacial score (nSPS) is 18.9. The van der Waals surface area contributed by atoms with Crippen molar-refractivity contribution in [3.8, 4) is 5.75 Å². The van der Waals surface area contributed by atoms with E-state index in [0.29, 0.717) is 37.4 Å². The number of allylic oxidation sites excluding steroid dienone is 1. The van der Waals surface area contributed by atoms with Gasteiger partial charge in [-0.1, -0.05) is 35.9 Å². The van der Waals surface area contributed by atoms with E-state index in [1.165, 1.54) is 19.2 Å². The summed E-state index contributed by atoms with van der Waals surface area (Å²) in [5.41, 5.74) is 1.12. The summed E-state index contributed by atoms with van der Waals surface area (Å²) in [6, 6.07) is 13.9. The molecule has 1 heterocycles. The molecular weight excluding hydrogens is 476 g/mol. The molecule has 0 aromatic heterocycles. The van der Waals surface area contributed by atoms with E-state index >= 15 is 0 Å². The van der Waals surface area contributed by atoms with Crippen LogP contribution in [-0.2, 0) is 26.1 Å². The number of carbonyl (C=O) groups excluding carboxylic acids is 1. The Morgan fingerprint density at radius 2 is 1.85 bits per heavy atom. The van der Waals surface area contributed by atoms with Crippen LogP contribution in [0.3, 0.4) is 0 Å². The fourth-order valence-electron chi connectivity index (χ4n) is 3.99. The monoisotopic (exact) mass is 506 g/mol. The molecule has 34 heavy (non-hydrogen) atoms. The molecule has 0 spiro atoms. The third kappa shape index (κ3) is 7.56. The van der Waals surface area contributed by atoms with Crippen LogP contribution in [-0.4, -0.2) is 52.1 Å². The zero-order valence-electron chi connectivity index (χ0n) is 19.4. The summed E-state index contributed by atoms with van der Waals surface area (Å²) in [7, 11) is -0.637. The van der Waals surface area contributed by atoms with Gasteiger partial charge in [-0.25, -0.2) is 13.1 Å². The number of methoxy groups -OCH3 is 2. The van der Waals surface area contributed by atoms with Crippen LogP contribution in [0.15, 0.2) is 65.6 Å². The number of halogens is 1. The Bertz CT molecular complexity index is 1070. The number of hydrogen-bond donors (Lipinski definition) is 1. The van der Waals surface area contributed by atoms with E-state index in [0.717, 1.165) is 17.7 Å². The third-order valence-corrected chi connectivity index (χ3v) is 7.57. The van der Waals surface area contributed by atoms with Crippen LogP contribution in [0.5, 0.6) is 5.75 Å². The number of carbonyl (C=O) groups is 1. The second-order valence-corrected chi connectivity index (χ2v) is 10.4. The molecule has 2 aromatic rings. The number of nitrogens with one attached hydrogen (secondary N) is 1. The molecule has 1 fully saturated rings. The first-order chi connectivity index (χ1) is 16.3. The standard InChI is InChI=1S/C25H31ClN2O5S/c1-32-23-12-8-19(9-13-23)17-28-18-21(16-22(28)6-4-3-5-7-25(29)33-2)27-34(30,31)24-14-10-20(26)11-15-24/h4,6,8-15,21-22,27H,3,5,7,16-18H2,1-2H3/t21-,22-/m1/s1. The number of unbranched alkanes of at least 4 members (excludes halogenated alkanes) is 1. The van der Waals surface area contributed by atoms with Gasteiger partial charge in [0.25, 0.3) is 0 Å². The average Bonchev–Trinajstić information content (AvgIpc) is 3.19. The van der Waals surface area contributed by atoms with Crippen molar-refractivity contribution >= 4 is 27.6 Å². The minimum atomic E-state index is -3.66. The molecule has 0 amide bonds. The van der Waals surface area contributed by atoms with Crippen molar-refractivity contribution in [1.29, 1.82) is 0 Å². The fourth-order valence-corrected chi connectivity index (χ4v) is 5.35. The first-order valence-electron chi connectivity index (χ1n) is 11.2. The highest BCUT2D eigenvalue weighted by Gasteiger charge is 2.33. The van der Waals surface area contributed by atoms with Crippen LogP contribution in [0, 0.1) is 0 Å². The zero-order chi connectivity index (χ0) is 24.6. The minimum absolute atomic E-state index is 0.0677. The summed E-state index contributed by atoms with van der Waals surface area (Å²) < 4.78 is 38.5. The maximum absolute atomic E-state index is 12.9. The van der Waals surface area contributed by atoms with Crippen LogP contribution in [0.1, 0.15) is 31.2 Å². The van der Waals surface area contributed by atoms with Crippen molar-refractivity contribution < 1.29 is 22.7 Å². The second-order valence-electron chi connectivity index (χ2n) is 8.25. The molecule has 0 bridgehead atoms. The van der Waals surface area contributed by atoms with Crippen LogP contribution in [0.25, 0.3) is 0 Å². The molecule has 0 radical (unpaired) electrons. The summed E-state index contributed by atoms with van der Waals surface area (Å²) in [4.78, 5) is 13.8. The fraction of sp³-hybridized carbons (Fsp3) is 0.400. The van der Waals surface area contributed by atoms with Gasteiger partial charge in [-0.05, 0) is 61.2 Å². The third-order valence-electron chi connectivity index (χ3n) is 5.78. The van der Waals surface area contributed by atoms with Gasteiger partial charge in [-0.15, -0.1) is 0 Å². The molecule has 2 aromatic carbocycles. The smallest absolute Gasteiger partial charge is 0.305 e. The number of nitrogens with zero attached hydrogens (tertiary/aromatic N) is 1. The van der Waals surface area contributed by atoms with Crippen LogP contribution >= 0.6 is 11.6 Å². The van der Waals surface area contributed by atoms with Gasteiger partial charge >= 0.3 is 5.97 Å². The average molecular weight is 507 g/mol. The first-order valence-corrected chi connectivity index (χ1v) is 13.0. The molecule has 184 valence electrons. The number of ether oxygens (including phenoxy) is 2. The molecule has 0 saturated carbocycles. The van der Waals surface area contributed by atoms with Gasteiger partial charge in [0.05, 0.1) is 19.1 Å². The molecule has 1 saturated heterocycles. The lowest BCUT2D eigenvalue weighted by molar-refractivity contribution is -0.140. The quantitative estimate of drug-likeness (QED) is 0.280. The van der Waals surface area contributed by atoms with E-state index < -0.39 is 10.0 Å². The SMILES string of the molecule is COC(=O)CCCC=C[C@@H]1C[C@@H](NS(=O)(=O)c2ccc(Cl)cc2)CN1Cc1ccc(OC)cc1. The highest BCUT2D eigenvalue weighted by Crippen LogP contribution is 2.25. The Morgan fingerprint density at radius 1 is 1.15 bits per heavy atom. The Kier molecular flexibility index (Phi) is 9.53. The van der Waals surface area contributed by atoms with Crippen molar-refractivity contribution in [2.24, 2.45) is 0 Å². The molecule has 2 atom stereocenters. The maximum Gasteiger partial charge on any atom is 0.305 e. The number of likely N-dealkylation sites (tertiary alicyclic amines) is 1. The number of sulfonamides is 1. The van der Waals surface area contributed by atoms with Crippen molar-refractivity contribution in [3.05, 3.63) is 71.3 Å². The van der Waals surface area contributed by atoms with Crippen LogP contribution in [0.4, 0.5) is 0 Å². The number of esters is 1. The minimum Gasteiger partial charge on any atom is -0.497 e. The van der Waals surface area contributed by atoms with Gasteiger partial charge in [0.15, 0.2) is 0 Å². The summed E-state index contributed by atoms with van der Waals surface area (Å²) in [5.74, 6) is 0.577. The molecule has 9 heteroatoms. The van der Waals surface area contributed by atoms with Crippen molar-refractivity contribution in [2.75, 3.05) is 20.8 Å². The summed E-state index contributed by atoms with van der Waals surface area (Å²) in [5, 5.41) is 0.489. The number of rotatable bonds is 11. The second kappa shape index (κ2) is 12.4. The highest BCUT2D eigenvalue weighted by atomic mass is 35.5. The van der Waals surface area contributed by atoms with E-state index in [9.17, 15) is 13.2 Å². The Labute approximate surface area is 206 Å². The van der Waals surface area contributed by atoms with Crippen molar-refractivity contribution in [3.63, 3.8) is 0 Å². The summed E-state index contributed by atoms with van der Waals surface area (Å²) in [6.45, 7) is 1.26. The highest BCUT2D eigenvalue weighted by molar-refractivity contribution is 7.89. The maximum atomic E-state index is 12.9. The topological polar surface area (TPSA) is 84.9 Å². The Balaban J connectivity index is 1.68. The molecule has 3 rings (SSSR count). The molecule has 1 N–H and O–H groups in total. The van der Waals surface area contributed by atoms with Crippen molar-refractivity contribution in [1.82, 2.24) is 9.62 Å². The largest absolute Gasteiger partial charge is 0.497 e. The molecule has 1 aliphatic heterocycles. The molecule has 0 unspecified atom stereocenters. The van der Waals surface area contributed by atoms with Crippen molar-refractivity contribution in [2.45, 2.75) is 49.2 Å². The van der Waals surface area contributed by atoms with Gasteiger partial charge in [0, 0.05) is 36.6 Å². The van der Waals surface area contributed by atoms with E-state index in [4.69, 9.17) is 16.3 Å². The van der Waals surface area contributed by atoms with E-state index in [1.807, 2.05) is 24.3 Å². The van der Waals surface area contributed by atoms with Gasteiger partial charge in [-0.3, -0.25) is 9.69 Å². The number of benzene rings is 2. The summed E-state index contributed by atoms with van der Waals surface area (Å²) >= 11 is 5.90.